The van der Waals surface area contributed by atoms with E-state index in [-0.39, 0.29) is 6.61 Å². The van der Waals surface area contributed by atoms with Gasteiger partial charge in [0.15, 0.2) is 0 Å². The summed E-state index contributed by atoms with van der Waals surface area (Å²) in [6.45, 7) is 0.906. The molecule has 0 aliphatic heterocycles. The third kappa shape index (κ3) is 3.37. The Labute approximate surface area is 127 Å². The minimum absolute atomic E-state index is 0.204. The molecule has 116 valence electrons. The van der Waals surface area contributed by atoms with E-state index in [4.69, 9.17) is 0 Å². The number of hydrogen-bond donors (Lipinski definition) is 1. The van der Waals surface area contributed by atoms with Crippen molar-refractivity contribution in [1.29, 1.82) is 0 Å². The summed E-state index contributed by atoms with van der Waals surface area (Å²) < 4.78 is 0. The van der Waals surface area contributed by atoms with Gasteiger partial charge in [0.2, 0.25) is 0 Å². The molecule has 0 amide bonds. The van der Waals surface area contributed by atoms with Crippen LogP contribution in [0.5, 0.6) is 0 Å². The van der Waals surface area contributed by atoms with Crippen LogP contribution in [0.3, 0.4) is 0 Å². The summed E-state index contributed by atoms with van der Waals surface area (Å²) in [5.41, 5.74) is 2.60. The topological polar surface area (TPSA) is 49.2 Å². The van der Waals surface area contributed by atoms with Crippen molar-refractivity contribution >= 4 is 5.82 Å². The van der Waals surface area contributed by atoms with E-state index in [1.54, 1.807) is 6.33 Å². The summed E-state index contributed by atoms with van der Waals surface area (Å²) in [5.74, 6) is 1.11. The van der Waals surface area contributed by atoms with Crippen molar-refractivity contribution in [3.05, 3.63) is 17.6 Å². The molecule has 4 heteroatoms. The van der Waals surface area contributed by atoms with Gasteiger partial charge in [-0.05, 0) is 38.5 Å². The van der Waals surface area contributed by atoms with E-state index in [0.717, 1.165) is 18.7 Å². The van der Waals surface area contributed by atoms with Crippen LogP contribution in [-0.2, 0) is 12.8 Å². The first-order valence-corrected chi connectivity index (χ1v) is 8.60. The zero-order valence-electron chi connectivity index (χ0n) is 12.9. The third-order valence-corrected chi connectivity index (χ3v) is 4.98. The molecule has 0 saturated heterocycles. The van der Waals surface area contributed by atoms with Gasteiger partial charge in [0.1, 0.15) is 12.1 Å². The monoisotopic (exact) mass is 289 g/mol. The molecule has 1 heterocycles. The third-order valence-electron chi connectivity index (χ3n) is 4.98. The lowest BCUT2D eigenvalue weighted by Gasteiger charge is -2.36. The van der Waals surface area contributed by atoms with Gasteiger partial charge in [-0.15, -0.1) is 0 Å². The van der Waals surface area contributed by atoms with E-state index >= 15 is 0 Å². The molecule has 0 aromatic carbocycles. The van der Waals surface area contributed by atoms with Crippen molar-refractivity contribution < 1.29 is 5.11 Å². The maximum absolute atomic E-state index is 9.50. The van der Waals surface area contributed by atoms with Crippen molar-refractivity contribution in [2.24, 2.45) is 0 Å². The quantitative estimate of drug-likeness (QED) is 0.866. The second-order valence-electron chi connectivity index (χ2n) is 6.39. The first-order chi connectivity index (χ1) is 10.4. The fourth-order valence-corrected chi connectivity index (χ4v) is 3.89. The fourth-order valence-electron chi connectivity index (χ4n) is 3.89. The first-order valence-electron chi connectivity index (χ1n) is 8.60. The van der Waals surface area contributed by atoms with E-state index in [2.05, 4.69) is 14.9 Å². The summed E-state index contributed by atoms with van der Waals surface area (Å²) in [6, 6.07) is 0.549. The number of hydrogen-bond acceptors (Lipinski definition) is 4. The van der Waals surface area contributed by atoms with Gasteiger partial charge in [-0.1, -0.05) is 25.7 Å². The van der Waals surface area contributed by atoms with E-state index in [0.29, 0.717) is 12.6 Å². The minimum Gasteiger partial charge on any atom is -0.395 e. The molecule has 0 bridgehead atoms. The van der Waals surface area contributed by atoms with Crippen molar-refractivity contribution in [2.75, 3.05) is 18.1 Å². The number of aromatic nitrogens is 2. The SMILES string of the molecule is OCCN(c1ncnc2c1CCCCC2)C1CCCCC1. The minimum atomic E-state index is 0.204. The summed E-state index contributed by atoms with van der Waals surface area (Å²) in [6.07, 6.45) is 14.1. The van der Waals surface area contributed by atoms with Crippen LogP contribution in [-0.4, -0.2) is 34.3 Å². The number of fused-ring (bicyclic) bond motifs is 1. The number of anilines is 1. The average molecular weight is 289 g/mol. The van der Waals surface area contributed by atoms with Crippen LogP contribution < -0.4 is 4.90 Å². The van der Waals surface area contributed by atoms with E-state index in [1.165, 1.54) is 62.6 Å². The molecule has 1 aromatic rings. The highest BCUT2D eigenvalue weighted by molar-refractivity contribution is 5.50. The van der Waals surface area contributed by atoms with E-state index in [1.807, 2.05) is 0 Å². The zero-order valence-corrected chi connectivity index (χ0v) is 12.9. The Hall–Kier alpha value is -1.16. The van der Waals surface area contributed by atoms with Gasteiger partial charge in [0.05, 0.1) is 6.61 Å². The number of aryl methyl sites for hydroxylation is 1. The highest BCUT2D eigenvalue weighted by Crippen LogP contribution is 2.31. The van der Waals surface area contributed by atoms with Crippen LogP contribution in [0.25, 0.3) is 0 Å². The molecule has 21 heavy (non-hydrogen) atoms. The van der Waals surface area contributed by atoms with Gasteiger partial charge in [0.25, 0.3) is 0 Å². The van der Waals surface area contributed by atoms with Crippen molar-refractivity contribution in [3.63, 3.8) is 0 Å². The lowest BCUT2D eigenvalue weighted by molar-refractivity contribution is 0.289. The first kappa shape index (κ1) is 14.8. The molecule has 1 aromatic heterocycles. The highest BCUT2D eigenvalue weighted by atomic mass is 16.3. The van der Waals surface area contributed by atoms with Crippen LogP contribution in [0, 0.1) is 0 Å². The number of aliphatic hydroxyl groups excluding tert-OH is 1. The molecule has 1 fully saturated rings. The molecule has 3 rings (SSSR count). The molecule has 4 nitrogen and oxygen atoms in total. The fraction of sp³-hybridized carbons (Fsp3) is 0.765. The Morgan fingerprint density at radius 3 is 2.57 bits per heavy atom. The number of rotatable bonds is 4. The average Bonchev–Trinajstić information content (AvgIpc) is 2.79. The molecule has 2 aliphatic rings. The summed E-state index contributed by atoms with van der Waals surface area (Å²) in [4.78, 5) is 11.5. The molecular weight excluding hydrogens is 262 g/mol. The van der Waals surface area contributed by atoms with E-state index < -0.39 is 0 Å². The van der Waals surface area contributed by atoms with Gasteiger partial charge in [-0.2, -0.15) is 0 Å². The highest BCUT2D eigenvalue weighted by Gasteiger charge is 2.25. The van der Waals surface area contributed by atoms with Gasteiger partial charge >= 0.3 is 0 Å². The zero-order chi connectivity index (χ0) is 14.5. The predicted molar refractivity (Wildman–Crippen MR) is 84.6 cm³/mol. The van der Waals surface area contributed by atoms with E-state index in [9.17, 15) is 5.11 Å². The second kappa shape index (κ2) is 7.21. The predicted octanol–water partition coefficient (Wildman–Crippen LogP) is 2.88. The van der Waals surface area contributed by atoms with Crippen LogP contribution in [0.4, 0.5) is 5.82 Å². The van der Waals surface area contributed by atoms with Gasteiger partial charge < -0.3 is 10.0 Å². The Balaban J connectivity index is 1.91. The van der Waals surface area contributed by atoms with Crippen LogP contribution in [0.2, 0.25) is 0 Å². The molecule has 2 aliphatic carbocycles. The van der Waals surface area contributed by atoms with Crippen LogP contribution >= 0.6 is 0 Å². The molecule has 1 N–H and O–H groups in total. The van der Waals surface area contributed by atoms with Gasteiger partial charge in [-0.25, -0.2) is 9.97 Å². The van der Waals surface area contributed by atoms with Crippen LogP contribution in [0.1, 0.15) is 62.6 Å². The Morgan fingerprint density at radius 2 is 1.76 bits per heavy atom. The molecule has 1 saturated carbocycles. The summed E-state index contributed by atoms with van der Waals surface area (Å²) in [5, 5.41) is 9.50. The normalized spacial score (nSPS) is 19.9. The van der Waals surface area contributed by atoms with Crippen LogP contribution in [0.15, 0.2) is 6.33 Å². The number of aliphatic hydroxyl groups is 1. The molecular formula is C17H27N3O. The maximum Gasteiger partial charge on any atom is 0.135 e. The lowest BCUT2D eigenvalue weighted by Crippen LogP contribution is -2.40. The van der Waals surface area contributed by atoms with Gasteiger partial charge in [0, 0.05) is 23.8 Å². The largest absolute Gasteiger partial charge is 0.395 e. The smallest absolute Gasteiger partial charge is 0.135 e. The van der Waals surface area contributed by atoms with Crippen molar-refractivity contribution in [3.8, 4) is 0 Å². The second-order valence-corrected chi connectivity index (χ2v) is 6.39. The van der Waals surface area contributed by atoms with Crippen molar-refractivity contribution in [2.45, 2.75) is 70.3 Å². The molecule has 0 spiro atoms. The Bertz CT molecular complexity index is 457. The number of nitrogens with zero attached hydrogens (tertiary/aromatic N) is 3. The molecule has 0 unspecified atom stereocenters. The van der Waals surface area contributed by atoms with Crippen molar-refractivity contribution in [1.82, 2.24) is 9.97 Å². The van der Waals surface area contributed by atoms with Gasteiger partial charge in [-0.3, -0.25) is 0 Å². The lowest BCUT2D eigenvalue weighted by atomic mass is 9.93. The maximum atomic E-state index is 9.50. The molecule has 0 radical (unpaired) electrons. The Kier molecular flexibility index (Phi) is 5.07. The Morgan fingerprint density at radius 1 is 1.00 bits per heavy atom. The molecule has 0 atom stereocenters. The summed E-state index contributed by atoms with van der Waals surface area (Å²) in [7, 11) is 0. The standard InChI is InChI=1S/C17H27N3O/c21-12-11-20(14-7-3-1-4-8-14)17-15-9-5-2-6-10-16(15)18-13-19-17/h13-14,21H,1-12H2. The summed E-state index contributed by atoms with van der Waals surface area (Å²) >= 11 is 0.